The van der Waals surface area contributed by atoms with Gasteiger partial charge in [0.25, 0.3) is 0 Å². The number of rotatable bonds is 6. The molecule has 1 aliphatic heterocycles. The van der Waals surface area contributed by atoms with Crippen molar-refractivity contribution in [3.05, 3.63) is 66.5 Å². The topological polar surface area (TPSA) is 92.7 Å². The Balaban J connectivity index is 1.46. The van der Waals surface area contributed by atoms with Crippen LogP contribution in [-0.2, 0) is 10.0 Å². The molecule has 0 N–H and O–H groups in total. The summed E-state index contributed by atoms with van der Waals surface area (Å²) >= 11 is 0. The van der Waals surface area contributed by atoms with Gasteiger partial charge in [-0.25, -0.2) is 18.4 Å². The van der Waals surface area contributed by atoms with Crippen LogP contribution in [0, 0.1) is 0 Å². The molecule has 0 bridgehead atoms. The van der Waals surface area contributed by atoms with Crippen LogP contribution in [0.4, 0.5) is 5.82 Å². The molecular weight excluding hydrogens is 428 g/mol. The summed E-state index contributed by atoms with van der Waals surface area (Å²) in [5.41, 5.74) is 2.23. The fraction of sp³-hybridized carbons (Fsp3) is 0.261. The van der Waals surface area contributed by atoms with E-state index < -0.39 is 10.0 Å². The summed E-state index contributed by atoms with van der Waals surface area (Å²) in [6, 6.07) is 15.6. The van der Waals surface area contributed by atoms with E-state index in [1.165, 1.54) is 29.7 Å². The van der Waals surface area contributed by atoms with Crippen LogP contribution < -0.4 is 9.64 Å². The van der Waals surface area contributed by atoms with E-state index in [9.17, 15) is 13.2 Å². The van der Waals surface area contributed by atoms with Gasteiger partial charge in [-0.05, 0) is 43.3 Å². The van der Waals surface area contributed by atoms with E-state index in [1.807, 2.05) is 30.3 Å². The molecule has 0 atom stereocenters. The molecule has 2 aromatic carbocycles. The third-order valence-corrected chi connectivity index (χ3v) is 7.41. The highest BCUT2D eigenvalue weighted by Crippen LogP contribution is 2.25. The maximum Gasteiger partial charge on any atom is 0.243 e. The third kappa shape index (κ3) is 4.49. The maximum atomic E-state index is 13.0. The molecule has 1 fully saturated rings. The number of aromatic nitrogens is 2. The van der Waals surface area contributed by atoms with Crippen LogP contribution in [0.15, 0.2) is 65.8 Å². The molecule has 0 spiro atoms. The van der Waals surface area contributed by atoms with E-state index in [0.717, 1.165) is 22.8 Å². The number of Topliss-reactive ketones (excluding diaryl/α,β-unsaturated/α-hetero) is 1. The zero-order chi connectivity index (χ0) is 22.7. The molecule has 166 valence electrons. The minimum atomic E-state index is -3.62. The van der Waals surface area contributed by atoms with E-state index in [1.54, 1.807) is 19.2 Å². The van der Waals surface area contributed by atoms with Crippen molar-refractivity contribution in [3.63, 3.8) is 0 Å². The van der Waals surface area contributed by atoms with Gasteiger partial charge < -0.3 is 9.64 Å². The monoisotopic (exact) mass is 452 g/mol. The Morgan fingerprint density at radius 2 is 1.59 bits per heavy atom. The van der Waals surface area contributed by atoms with Crippen molar-refractivity contribution in [1.82, 2.24) is 14.3 Å². The molecule has 3 aromatic rings. The number of hydrogen-bond donors (Lipinski definition) is 0. The van der Waals surface area contributed by atoms with Crippen LogP contribution in [0.5, 0.6) is 5.75 Å². The van der Waals surface area contributed by atoms with Gasteiger partial charge in [-0.3, -0.25) is 4.79 Å². The molecule has 0 radical (unpaired) electrons. The van der Waals surface area contributed by atoms with E-state index in [2.05, 4.69) is 14.9 Å². The average molecular weight is 453 g/mol. The number of carbonyl (C=O) groups excluding carboxylic acids is 1. The number of carbonyl (C=O) groups is 1. The number of piperazine rings is 1. The Morgan fingerprint density at radius 3 is 2.19 bits per heavy atom. The standard InChI is InChI=1S/C23H24N4O4S/c1-17(28)18-5-9-21(10-6-18)32(29,30)27-13-11-26(12-14-27)23-15-22(24-16-25-23)19-3-7-20(31-2)8-4-19/h3-10,15-16H,11-14H2,1-2H3. The molecule has 1 saturated heterocycles. The van der Waals surface area contributed by atoms with Crippen LogP contribution in [0.3, 0.4) is 0 Å². The summed E-state index contributed by atoms with van der Waals surface area (Å²) in [5.74, 6) is 1.44. The van der Waals surface area contributed by atoms with E-state index >= 15 is 0 Å². The van der Waals surface area contributed by atoms with Gasteiger partial charge >= 0.3 is 0 Å². The zero-order valence-corrected chi connectivity index (χ0v) is 18.7. The summed E-state index contributed by atoms with van der Waals surface area (Å²) in [6.45, 7) is 3.18. The number of anilines is 1. The minimum Gasteiger partial charge on any atom is -0.497 e. The van der Waals surface area contributed by atoms with Gasteiger partial charge in [0.1, 0.15) is 17.9 Å². The van der Waals surface area contributed by atoms with Crippen molar-refractivity contribution in [2.75, 3.05) is 38.2 Å². The van der Waals surface area contributed by atoms with E-state index in [4.69, 9.17) is 4.74 Å². The molecule has 8 nitrogen and oxygen atoms in total. The van der Waals surface area contributed by atoms with Crippen LogP contribution in [0.25, 0.3) is 11.3 Å². The Hall–Kier alpha value is -3.30. The second-order valence-corrected chi connectivity index (χ2v) is 9.40. The summed E-state index contributed by atoms with van der Waals surface area (Å²) in [7, 11) is -1.99. The smallest absolute Gasteiger partial charge is 0.243 e. The van der Waals surface area contributed by atoms with Crippen LogP contribution >= 0.6 is 0 Å². The van der Waals surface area contributed by atoms with Crippen molar-refractivity contribution in [3.8, 4) is 17.0 Å². The molecular formula is C23H24N4O4S. The van der Waals surface area contributed by atoms with Crippen molar-refractivity contribution in [2.24, 2.45) is 0 Å². The first-order valence-electron chi connectivity index (χ1n) is 10.2. The molecule has 1 aromatic heterocycles. The highest BCUT2D eigenvalue weighted by atomic mass is 32.2. The average Bonchev–Trinajstić information content (AvgIpc) is 2.84. The number of nitrogens with zero attached hydrogens (tertiary/aromatic N) is 4. The summed E-state index contributed by atoms with van der Waals surface area (Å²) in [5, 5.41) is 0. The minimum absolute atomic E-state index is 0.0959. The molecule has 4 rings (SSSR count). The lowest BCUT2D eigenvalue weighted by Crippen LogP contribution is -2.48. The van der Waals surface area contributed by atoms with Gasteiger partial charge in [0.05, 0.1) is 17.7 Å². The van der Waals surface area contributed by atoms with Gasteiger partial charge in [-0.15, -0.1) is 0 Å². The van der Waals surface area contributed by atoms with Crippen LogP contribution in [-0.4, -0.2) is 61.8 Å². The first-order valence-corrected chi connectivity index (χ1v) is 11.6. The zero-order valence-electron chi connectivity index (χ0n) is 17.9. The van der Waals surface area contributed by atoms with Gasteiger partial charge in [-0.2, -0.15) is 4.31 Å². The van der Waals surface area contributed by atoms with Gasteiger partial charge in [0, 0.05) is 43.4 Å². The first kappa shape index (κ1) is 21.9. The Bertz CT molecular complexity index is 1200. The number of ether oxygens (including phenoxy) is 1. The molecule has 0 aliphatic carbocycles. The Morgan fingerprint density at radius 1 is 0.938 bits per heavy atom. The lowest BCUT2D eigenvalue weighted by Gasteiger charge is -2.34. The Kier molecular flexibility index (Phi) is 6.20. The number of hydrogen-bond acceptors (Lipinski definition) is 7. The number of benzene rings is 2. The second-order valence-electron chi connectivity index (χ2n) is 7.46. The summed E-state index contributed by atoms with van der Waals surface area (Å²) < 4.78 is 32.6. The predicted octanol–water partition coefficient (Wildman–Crippen LogP) is 2.87. The number of methoxy groups -OCH3 is 1. The number of ketones is 1. The van der Waals surface area contributed by atoms with Crippen molar-refractivity contribution < 1.29 is 17.9 Å². The molecule has 0 unspecified atom stereocenters. The summed E-state index contributed by atoms with van der Waals surface area (Å²) in [4.78, 5) is 22.4. The van der Waals surface area contributed by atoms with Crippen molar-refractivity contribution in [1.29, 1.82) is 0 Å². The molecule has 0 saturated carbocycles. The highest BCUT2D eigenvalue weighted by Gasteiger charge is 2.29. The fourth-order valence-corrected chi connectivity index (χ4v) is 5.03. The Labute approximate surface area is 187 Å². The van der Waals surface area contributed by atoms with Crippen molar-refractivity contribution >= 4 is 21.6 Å². The predicted molar refractivity (Wildman–Crippen MR) is 121 cm³/mol. The van der Waals surface area contributed by atoms with Gasteiger partial charge in [0.2, 0.25) is 10.0 Å². The fourth-order valence-electron chi connectivity index (χ4n) is 3.61. The largest absolute Gasteiger partial charge is 0.497 e. The maximum absolute atomic E-state index is 13.0. The number of sulfonamides is 1. The highest BCUT2D eigenvalue weighted by molar-refractivity contribution is 7.89. The van der Waals surface area contributed by atoms with E-state index in [-0.39, 0.29) is 10.7 Å². The van der Waals surface area contributed by atoms with Crippen molar-refractivity contribution in [2.45, 2.75) is 11.8 Å². The SMILES string of the molecule is COc1ccc(-c2cc(N3CCN(S(=O)(=O)c4ccc(C(C)=O)cc4)CC3)ncn2)cc1. The molecule has 2 heterocycles. The quantitative estimate of drug-likeness (QED) is 0.531. The lowest BCUT2D eigenvalue weighted by atomic mass is 10.1. The lowest BCUT2D eigenvalue weighted by molar-refractivity contribution is 0.101. The van der Waals surface area contributed by atoms with Gasteiger partial charge in [-0.1, -0.05) is 12.1 Å². The second kappa shape index (κ2) is 9.05. The van der Waals surface area contributed by atoms with Gasteiger partial charge in [0.15, 0.2) is 5.78 Å². The van der Waals surface area contributed by atoms with Crippen LogP contribution in [0.1, 0.15) is 17.3 Å². The molecule has 1 aliphatic rings. The molecule has 9 heteroatoms. The third-order valence-electron chi connectivity index (χ3n) is 5.50. The molecule has 0 amide bonds. The van der Waals surface area contributed by atoms with E-state index in [0.29, 0.717) is 31.7 Å². The first-order chi connectivity index (χ1) is 15.4. The van der Waals surface area contributed by atoms with Crippen LogP contribution in [0.2, 0.25) is 0 Å². The molecule has 32 heavy (non-hydrogen) atoms. The summed E-state index contributed by atoms with van der Waals surface area (Å²) in [6.07, 6.45) is 1.52. The normalized spacial score (nSPS) is 14.9.